The van der Waals surface area contributed by atoms with Crippen LogP contribution in [0.1, 0.15) is 31.2 Å². The monoisotopic (exact) mass is 465 g/mol. The second-order valence-corrected chi connectivity index (χ2v) is 9.23. The molecule has 4 heterocycles. The number of fused-ring (bicyclic) bond motifs is 5. The van der Waals surface area contributed by atoms with E-state index in [1.165, 1.54) is 6.07 Å². The highest BCUT2D eigenvalue weighted by Crippen LogP contribution is 2.46. The smallest absolute Gasteiger partial charge is 0.308 e. The molecular weight excluding hydrogens is 441 g/mol. The Kier molecular flexibility index (Phi) is 4.94. The summed E-state index contributed by atoms with van der Waals surface area (Å²) < 4.78 is 20.9. The number of nitrogens with one attached hydrogen (secondary N) is 2. The summed E-state index contributed by atoms with van der Waals surface area (Å²) in [5.74, 6) is -0.455. The molecule has 0 unspecified atom stereocenters. The minimum Gasteiger partial charge on any atom is -0.481 e. The first-order valence-corrected chi connectivity index (χ1v) is 11.4. The van der Waals surface area contributed by atoms with Gasteiger partial charge in [0.2, 0.25) is 5.82 Å². The number of carboxylic acid groups (broad SMARTS) is 1. The van der Waals surface area contributed by atoms with Crippen molar-refractivity contribution >= 4 is 28.3 Å². The molecule has 7 rings (SSSR count). The SMILES string of the molecule is COCc1cc2c(N[C@H]3C4CCC(CC4)[C@@H]3C(=O)O)nc(-c3[nH]nc4ncc(F)cc34)nn2c1. The molecule has 0 radical (unpaired) electrons. The third-order valence-electron chi connectivity index (χ3n) is 7.24. The highest BCUT2D eigenvalue weighted by Gasteiger charge is 2.47. The third kappa shape index (κ3) is 3.38. The van der Waals surface area contributed by atoms with Crippen molar-refractivity contribution in [3.8, 4) is 11.5 Å². The highest BCUT2D eigenvalue weighted by molar-refractivity contribution is 5.89. The lowest BCUT2D eigenvalue weighted by molar-refractivity contribution is -0.148. The summed E-state index contributed by atoms with van der Waals surface area (Å²) in [5, 5.41) is 25.6. The van der Waals surface area contributed by atoms with Crippen molar-refractivity contribution in [3.05, 3.63) is 35.9 Å². The van der Waals surface area contributed by atoms with Gasteiger partial charge < -0.3 is 15.2 Å². The summed E-state index contributed by atoms with van der Waals surface area (Å²) in [7, 11) is 1.62. The second kappa shape index (κ2) is 8.01. The number of carboxylic acids is 1. The van der Waals surface area contributed by atoms with Gasteiger partial charge in [-0.15, -0.1) is 5.10 Å². The zero-order chi connectivity index (χ0) is 23.4. The maximum absolute atomic E-state index is 13.9. The van der Waals surface area contributed by atoms with Crippen LogP contribution in [0.2, 0.25) is 0 Å². The van der Waals surface area contributed by atoms with Crippen LogP contribution in [0.3, 0.4) is 0 Å². The van der Waals surface area contributed by atoms with Crippen molar-refractivity contribution in [1.82, 2.24) is 29.8 Å². The van der Waals surface area contributed by atoms with Gasteiger partial charge in [-0.05, 0) is 55.2 Å². The molecule has 0 aromatic carbocycles. The molecule has 3 fully saturated rings. The van der Waals surface area contributed by atoms with E-state index in [2.05, 4.69) is 25.6 Å². The molecular formula is C23H24FN7O3. The van der Waals surface area contributed by atoms with Crippen LogP contribution in [-0.2, 0) is 16.1 Å². The number of carbonyl (C=O) groups is 1. The first-order valence-electron chi connectivity index (χ1n) is 11.4. The van der Waals surface area contributed by atoms with Crippen molar-refractivity contribution in [2.45, 2.75) is 38.3 Å². The summed E-state index contributed by atoms with van der Waals surface area (Å²) in [6.07, 6.45) is 6.86. The molecule has 0 aliphatic heterocycles. The van der Waals surface area contributed by atoms with E-state index in [0.29, 0.717) is 35.0 Å². The van der Waals surface area contributed by atoms with E-state index in [1.807, 2.05) is 12.3 Å². The molecule has 4 aromatic rings. The van der Waals surface area contributed by atoms with Crippen LogP contribution < -0.4 is 5.32 Å². The first kappa shape index (κ1) is 21.0. The van der Waals surface area contributed by atoms with Crippen molar-refractivity contribution in [3.63, 3.8) is 0 Å². The summed E-state index contributed by atoms with van der Waals surface area (Å²) in [6.45, 7) is 0.395. The first-order chi connectivity index (χ1) is 16.5. The summed E-state index contributed by atoms with van der Waals surface area (Å²) in [4.78, 5) is 21.0. The molecule has 0 saturated heterocycles. The number of nitrogens with zero attached hydrogens (tertiary/aromatic N) is 5. The standard InChI is InChI=1S/C23H24FN7O3/c1-34-10-11-6-16-21(26-18-13-4-2-12(3-5-13)17(18)23(32)33)27-22(30-31(16)9-11)19-15-7-14(24)8-25-20(15)29-28-19/h6-9,12-13,17-18H,2-5,10H2,1H3,(H,32,33)(H,25,28,29)(H,26,27,30)/t12?,13?,17-,18-/m0/s1. The van der Waals surface area contributed by atoms with Crippen LogP contribution in [0.5, 0.6) is 0 Å². The molecule has 2 bridgehead atoms. The Morgan fingerprint density at radius 2 is 2.09 bits per heavy atom. The fraction of sp³-hybridized carbons (Fsp3) is 0.435. The van der Waals surface area contributed by atoms with E-state index in [9.17, 15) is 14.3 Å². The van der Waals surface area contributed by atoms with E-state index >= 15 is 0 Å². The normalized spacial score (nSPS) is 24.2. The largest absolute Gasteiger partial charge is 0.481 e. The van der Waals surface area contributed by atoms with Crippen molar-refractivity contribution in [2.75, 3.05) is 12.4 Å². The van der Waals surface area contributed by atoms with Gasteiger partial charge in [-0.3, -0.25) is 9.89 Å². The number of ether oxygens (including phenoxy) is 1. The number of H-pyrrole nitrogens is 1. The van der Waals surface area contributed by atoms with Gasteiger partial charge in [0.1, 0.15) is 17.0 Å². The van der Waals surface area contributed by atoms with Crippen LogP contribution in [0.25, 0.3) is 28.1 Å². The van der Waals surface area contributed by atoms with Crippen molar-refractivity contribution in [2.24, 2.45) is 17.8 Å². The van der Waals surface area contributed by atoms with Gasteiger partial charge in [0.15, 0.2) is 11.5 Å². The molecule has 3 N–H and O–H groups in total. The lowest BCUT2D eigenvalue weighted by atomic mass is 9.61. The van der Waals surface area contributed by atoms with Crippen LogP contribution in [0, 0.1) is 23.6 Å². The molecule has 0 amide bonds. The zero-order valence-electron chi connectivity index (χ0n) is 18.5. The minimum absolute atomic E-state index is 0.166. The van der Waals surface area contributed by atoms with Crippen molar-refractivity contribution in [1.29, 1.82) is 0 Å². The van der Waals surface area contributed by atoms with E-state index in [0.717, 1.165) is 43.0 Å². The number of halogens is 1. The lowest BCUT2D eigenvalue weighted by Crippen LogP contribution is -2.51. The van der Waals surface area contributed by atoms with Gasteiger partial charge in [-0.25, -0.2) is 18.9 Å². The predicted octanol–water partition coefficient (Wildman–Crippen LogP) is 3.25. The van der Waals surface area contributed by atoms with Gasteiger partial charge in [-0.2, -0.15) is 5.10 Å². The number of aromatic nitrogens is 6. The average molecular weight is 465 g/mol. The Labute approximate surface area is 193 Å². The quantitative estimate of drug-likeness (QED) is 0.396. The molecule has 10 nitrogen and oxygen atoms in total. The Morgan fingerprint density at radius 3 is 2.85 bits per heavy atom. The van der Waals surface area contributed by atoms with E-state index < -0.39 is 17.7 Å². The van der Waals surface area contributed by atoms with Gasteiger partial charge in [0.25, 0.3) is 0 Å². The topological polar surface area (TPSA) is 130 Å². The zero-order valence-corrected chi connectivity index (χ0v) is 18.5. The number of hydrogen-bond donors (Lipinski definition) is 3. The molecule has 3 saturated carbocycles. The molecule has 34 heavy (non-hydrogen) atoms. The third-order valence-corrected chi connectivity index (χ3v) is 7.24. The minimum atomic E-state index is -0.770. The number of rotatable bonds is 6. The molecule has 4 aromatic heterocycles. The fourth-order valence-corrected chi connectivity index (χ4v) is 5.73. The fourth-order valence-electron chi connectivity index (χ4n) is 5.73. The van der Waals surface area contributed by atoms with Gasteiger partial charge >= 0.3 is 5.97 Å². The van der Waals surface area contributed by atoms with Gasteiger partial charge in [0, 0.05) is 19.3 Å². The molecule has 2 atom stereocenters. The number of methoxy groups -OCH3 is 1. The number of aromatic amines is 1. The molecule has 11 heteroatoms. The number of pyridine rings is 1. The van der Waals surface area contributed by atoms with Crippen LogP contribution in [-0.4, -0.2) is 54.0 Å². The molecule has 3 aliphatic carbocycles. The predicted molar refractivity (Wildman–Crippen MR) is 121 cm³/mol. The second-order valence-electron chi connectivity index (χ2n) is 9.23. The number of hydrogen-bond acceptors (Lipinski definition) is 7. The molecule has 0 spiro atoms. The maximum Gasteiger partial charge on any atom is 0.308 e. The Hall–Kier alpha value is -3.60. The van der Waals surface area contributed by atoms with Gasteiger partial charge in [0.05, 0.1) is 24.1 Å². The highest BCUT2D eigenvalue weighted by atomic mass is 19.1. The summed E-state index contributed by atoms with van der Waals surface area (Å²) in [5.41, 5.74) is 2.42. The van der Waals surface area contributed by atoms with Crippen molar-refractivity contribution < 1.29 is 19.0 Å². The lowest BCUT2D eigenvalue weighted by Gasteiger charge is -2.47. The Bertz CT molecular complexity index is 1390. The Morgan fingerprint density at radius 1 is 1.29 bits per heavy atom. The van der Waals surface area contributed by atoms with E-state index in [-0.39, 0.29) is 17.9 Å². The van der Waals surface area contributed by atoms with Crippen LogP contribution in [0.15, 0.2) is 24.5 Å². The number of aliphatic carboxylic acids is 1. The molecule has 3 aliphatic rings. The van der Waals surface area contributed by atoms with E-state index in [4.69, 9.17) is 9.72 Å². The summed E-state index contributed by atoms with van der Waals surface area (Å²) in [6, 6.07) is 3.04. The Balaban J connectivity index is 1.48. The summed E-state index contributed by atoms with van der Waals surface area (Å²) >= 11 is 0. The number of anilines is 1. The maximum atomic E-state index is 13.9. The van der Waals surface area contributed by atoms with Gasteiger partial charge in [-0.1, -0.05) is 0 Å². The van der Waals surface area contributed by atoms with Crippen LogP contribution >= 0.6 is 0 Å². The average Bonchev–Trinajstić information content (AvgIpc) is 3.43. The molecule has 176 valence electrons. The van der Waals surface area contributed by atoms with E-state index in [1.54, 1.807) is 11.6 Å². The van der Waals surface area contributed by atoms with Crippen LogP contribution in [0.4, 0.5) is 10.2 Å².